The molecular weight excluding hydrogens is 245 g/mol. The van der Waals surface area contributed by atoms with Gasteiger partial charge in [-0.1, -0.05) is 25.8 Å². The Labute approximate surface area is 114 Å². The van der Waals surface area contributed by atoms with Crippen molar-refractivity contribution in [2.45, 2.75) is 33.1 Å². The highest BCUT2D eigenvalue weighted by Crippen LogP contribution is 2.13. The lowest BCUT2D eigenvalue weighted by atomic mass is 10.1. The summed E-state index contributed by atoms with van der Waals surface area (Å²) in [7, 11) is 0. The molecule has 0 aliphatic rings. The molecule has 106 valence electrons. The zero-order valence-corrected chi connectivity index (χ0v) is 11.7. The van der Waals surface area contributed by atoms with Crippen LogP contribution in [0.4, 0.5) is 4.39 Å². The van der Waals surface area contributed by atoms with Crippen LogP contribution in [0, 0.1) is 12.7 Å². The standard InChI is InChI=1S/C15H22FNO2/c1-3-4-5-8-17(9-10-18)15(19)14-11-13(16)7-6-12(14)2/h6-7,11,18H,3-5,8-10H2,1-2H3. The summed E-state index contributed by atoms with van der Waals surface area (Å²) in [5.74, 6) is -0.617. The number of amides is 1. The number of rotatable bonds is 7. The lowest BCUT2D eigenvalue weighted by molar-refractivity contribution is 0.0717. The number of aliphatic hydroxyl groups is 1. The van der Waals surface area contributed by atoms with Gasteiger partial charge in [0.1, 0.15) is 5.82 Å². The Morgan fingerprint density at radius 2 is 2.05 bits per heavy atom. The van der Waals surface area contributed by atoms with Crippen LogP contribution in [0.15, 0.2) is 18.2 Å². The molecule has 0 radical (unpaired) electrons. The van der Waals surface area contributed by atoms with Crippen molar-refractivity contribution < 1.29 is 14.3 Å². The largest absolute Gasteiger partial charge is 0.395 e. The quantitative estimate of drug-likeness (QED) is 0.772. The van der Waals surface area contributed by atoms with Gasteiger partial charge in [0.2, 0.25) is 0 Å². The van der Waals surface area contributed by atoms with Gasteiger partial charge < -0.3 is 10.0 Å². The number of nitrogens with zero attached hydrogens (tertiary/aromatic N) is 1. The topological polar surface area (TPSA) is 40.5 Å². The first-order valence-electron chi connectivity index (χ1n) is 6.76. The second-order valence-corrected chi connectivity index (χ2v) is 4.68. The van der Waals surface area contributed by atoms with E-state index >= 15 is 0 Å². The number of halogens is 1. The minimum atomic E-state index is -0.411. The molecule has 0 saturated carbocycles. The van der Waals surface area contributed by atoms with Crippen molar-refractivity contribution in [3.8, 4) is 0 Å². The maximum atomic E-state index is 13.2. The van der Waals surface area contributed by atoms with Crippen molar-refractivity contribution in [3.63, 3.8) is 0 Å². The lowest BCUT2D eigenvalue weighted by Crippen LogP contribution is -2.35. The number of carbonyl (C=O) groups excluding carboxylic acids is 1. The molecule has 1 N–H and O–H groups in total. The van der Waals surface area contributed by atoms with E-state index in [4.69, 9.17) is 5.11 Å². The Balaban J connectivity index is 2.82. The Morgan fingerprint density at radius 3 is 2.68 bits per heavy atom. The van der Waals surface area contributed by atoms with Crippen molar-refractivity contribution in [2.24, 2.45) is 0 Å². The van der Waals surface area contributed by atoms with Gasteiger partial charge in [0.15, 0.2) is 0 Å². The van der Waals surface area contributed by atoms with Crippen LogP contribution in [0.2, 0.25) is 0 Å². The first-order valence-corrected chi connectivity index (χ1v) is 6.76. The molecule has 0 aliphatic heterocycles. The molecule has 0 heterocycles. The summed E-state index contributed by atoms with van der Waals surface area (Å²) < 4.78 is 13.2. The van der Waals surface area contributed by atoms with Gasteiger partial charge in [-0.2, -0.15) is 0 Å². The highest BCUT2D eigenvalue weighted by Gasteiger charge is 2.17. The van der Waals surface area contributed by atoms with Crippen molar-refractivity contribution in [3.05, 3.63) is 35.1 Å². The van der Waals surface area contributed by atoms with Crippen LogP contribution in [0.5, 0.6) is 0 Å². The fourth-order valence-electron chi connectivity index (χ4n) is 1.98. The fraction of sp³-hybridized carbons (Fsp3) is 0.533. The smallest absolute Gasteiger partial charge is 0.254 e. The van der Waals surface area contributed by atoms with E-state index in [-0.39, 0.29) is 12.5 Å². The summed E-state index contributed by atoms with van der Waals surface area (Å²) in [6.45, 7) is 4.69. The van der Waals surface area contributed by atoms with Crippen LogP contribution in [0.3, 0.4) is 0 Å². The first kappa shape index (κ1) is 15.6. The normalized spacial score (nSPS) is 10.5. The van der Waals surface area contributed by atoms with Gasteiger partial charge in [0.05, 0.1) is 6.61 Å². The molecule has 1 rings (SSSR count). The predicted octanol–water partition coefficient (Wildman–Crippen LogP) is 2.76. The SMILES string of the molecule is CCCCCN(CCO)C(=O)c1cc(F)ccc1C. The summed E-state index contributed by atoms with van der Waals surface area (Å²) in [6.07, 6.45) is 3.01. The van der Waals surface area contributed by atoms with Gasteiger partial charge in [-0.3, -0.25) is 4.79 Å². The molecule has 0 bridgehead atoms. The van der Waals surface area contributed by atoms with E-state index in [0.29, 0.717) is 18.7 Å². The zero-order valence-electron chi connectivity index (χ0n) is 11.7. The maximum Gasteiger partial charge on any atom is 0.254 e. The van der Waals surface area contributed by atoms with Gasteiger partial charge in [0, 0.05) is 18.7 Å². The molecule has 1 aromatic carbocycles. The number of hydrogen-bond donors (Lipinski definition) is 1. The van der Waals surface area contributed by atoms with Crippen LogP contribution in [-0.2, 0) is 0 Å². The van der Waals surface area contributed by atoms with Crippen LogP contribution in [0.25, 0.3) is 0 Å². The predicted molar refractivity (Wildman–Crippen MR) is 73.7 cm³/mol. The number of unbranched alkanes of at least 4 members (excludes halogenated alkanes) is 2. The molecule has 0 saturated heterocycles. The minimum Gasteiger partial charge on any atom is -0.395 e. The Morgan fingerprint density at radius 1 is 1.32 bits per heavy atom. The summed E-state index contributed by atoms with van der Waals surface area (Å²) in [6, 6.07) is 4.22. The number of hydrogen-bond acceptors (Lipinski definition) is 2. The van der Waals surface area contributed by atoms with Gasteiger partial charge in [0.25, 0.3) is 5.91 Å². The second kappa shape index (κ2) is 7.89. The third-order valence-corrected chi connectivity index (χ3v) is 3.12. The summed E-state index contributed by atoms with van der Waals surface area (Å²) in [5.41, 5.74) is 1.13. The number of aryl methyl sites for hydroxylation is 1. The minimum absolute atomic E-state index is 0.0772. The molecule has 0 aromatic heterocycles. The average molecular weight is 267 g/mol. The van der Waals surface area contributed by atoms with Crippen molar-refractivity contribution in [1.82, 2.24) is 4.90 Å². The summed E-state index contributed by atoms with van der Waals surface area (Å²) in [4.78, 5) is 13.9. The van der Waals surface area contributed by atoms with E-state index < -0.39 is 5.82 Å². The van der Waals surface area contributed by atoms with Crippen molar-refractivity contribution in [1.29, 1.82) is 0 Å². The van der Waals surface area contributed by atoms with Gasteiger partial charge >= 0.3 is 0 Å². The van der Waals surface area contributed by atoms with Gasteiger partial charge in [-0.25, -0.2) is 4.39 Å². The maximum absolute atomic E-state index is 13.2. The molecule has 1 amide bonds. The molecular formula is C15H22FNO2. The summed E-state index contributed by atoms with van der Waals surface area (Å²) in [5, 5.41) is 9.04. The molecule has 0 spiro atoms. The van der Waals surface area contributed by atoms with E-state index in [0.717, 1.165) is 24.8 Å². The van der Waals surface area contributed by atoms with Crippen LogP contribution < -0.4 is 0 Å². The molecule has 0 fully saturated rings. The Kier molecular flexibility index (Phi) is 6.50. The molecule has 4 heteroatoms. The molecule has 0 unspecified atom stereocenters. The van der Waals surface area contributed by atoms with Crippen LogP contribution >= 0.6 is 0 Å². The fourth-order valence-corrected chi connectivity index (χ4v) is 1.98. The number of carbonyl (C=O) groups is 1. The van der Waals surface area contributed by atoms with Crippen LogP contribution in [0.1, 0.15) is 42.1 Å². The molecule has 19 heavy (non-hydrogen) atoms. The van der Waals surface area contributed by atoms with Crippen molar-refractivity contribution in [2.75, 3.05) is 19.7 Å². The van der Waals surface area contributed by atoms with Crippen molar-refractivity contribution >= 4 is 5.91 Å². The van der Waals surface area contributed by atoms with E-state index in [9.17, 15) is 9.18 Å². The highest BCUT2D eigenvalue weighted by molar-refractivity contribution is 5.95. The monoisotopic (exact) mass is 267 g/mol. The van der Waals surface area contributed by atoms with E-state index in [1.165, 1.54) is 12.1 Å². The van der Waals surface area contributed by atoms with Gasteiger partial charge in [-0.15, -0.1) is 0 Å². The summed E-state index contributed by atoms with van der Waals surface area (Å²) >= 11 is 0. The van der Waals surface area contributed by atoms with E-state index in [1.807, 2.05) is 0 Å². The molecule has 0 aliphatic carbocycles. The van der Waals surface area contributed by atoms with Crippen LogP contribution in [-0.4, -0.2) is 35.6 Å². The number of benzene rings is 1. The highest BCUT2D eigenvalue weighted by atomic mass is 19.1. The number of aliphatic hydroxyl groups excluding tert-OH is 1. The second-order valence-electron chi connectivity index (χ2n) is 4.68. The van der Waals surface area contributed by atoms with Gasteiger partial charge in [-0.05, 0) is 31.0 Å². The van der Waals surface area contributed by atoms with E-state index in [1.54, 1.807) is 17.9 Å². The molecule has 3 nitrogen and oxygen atoms in total. The molecule has 0 atom stereocenters. The zero-order chi connectivity index (χ0) is 14.3. The van der Waals surface area contributed by atoms with E-state index in [2.05, 4.69) is 6.92 Å². The lowest BCUT2D eigenvalue weighted by Gasteiger charge is -2.22. The Hall–Kier alpha value is -1.42. The third kappa shape index (κ3) is 4.63. The third-order valence-electron chi connectivity index (χ3n) is 3.12. The first-order chi connectivity index (χ1) is 9.10. The Bertz CT molecular complexity index is 421. The molecule has 1 aromatic rings. The average Bonchev–Trinajstić information content (AvgIpc) is 2.40.